The summed E-state index contributed by atoms with van der Waals surface area (Å²) in [4.78, 5) is 86.7. The van der Waals surface area contributed by atoms with Crippen LogP contribution < -0.4 is 0 Å². The number of nitrogens with zero attached hydrogens (tertiary/aromatic N) is 10. The number of nitriles is 5. The summed E-state index contributed by atoms with van der Waals surface area (Å²) in [7, 11) is 1.39. The van der Waals surface area contributed by atoms with Crippen molar-refractivity contribution < 1.29 is 52.8 Å². The molecule has 690 valence electrons. The van der Waals surface area contributed by atoms with Crippen LogP contribution in [0.4, 0.5) is 0 Å². The number of pyridine rings is 5. The van der Waals surface area contributed by atoms with Crippen LogP contribution in [0.1, 0.15) is 140 Å². The lowest BCUT2D eigenvalue weighted by molar-refractivity contribution is -0.154. The summed E-state index contributed by atoms with van der Waals surface area (Å²) in [5.74, 6) is -1.19. The summed E-state index contributed by atoms with van der Waals surface area (Å²) in [5.41, 5.74) is 10.9. The Morgan fingerprint density at radius 1 is 0.370 bits per heavy atom. The van der Waals surface area contributed by atoms with Crippen molar-refractivity contribution in [1.82, 2.24) is 24.9 Å². The summed E-state index contributed by atoms with van der Waals surface area (Å²) in [6.45, 7) is 18.3. The van der Waals surface area contributed by atoms with Crippen LogP contribution in [0.15, 0.2) is 250 Å². The average molecular weight is 1920 g/mol. The molecule has 8 aromatic carbocycles. The van der Waals surface area contributed by atoms with Gasteiger partial charge in [-0.05, 0) is 198 Å². The lowest BCUT2D eigenvalue weighted by Gasteiger charge is -2.21. The maximum absolute atomic E-state index is 12.3. The highest BCUT2D eigenvalue weighted by Crippen LogP contribution is 2.46. The minimum Gasteiger partial charge on any atom is -0.469 e. The number of hydrogen-bond acceptors (Lipinski definition) is 26. The van der Waals surface area contributed by atoms with Gasteiger partial charge in [-0.25, -0.2) is 0 Å². The predicted molar refractivity (Wildman–Crippen MR) is 550 cm³/mol. The zero-order valence-electron chi connectivity index (χ0n) is 77.7. The Bertz CT molecular complexity index is 7830. The van der Waals surface area contributed by atoms with Gasteiger partial charge in [0.25, 0.3) is 0 Å². The predicted octanol–water partition coefficient (Wildman–Crippen LogP) is 26.1. The number of methoxy groups -OCH3 is 1. The quantitative estimate of drug-likeness (QED) is 0.0315. The van der Waals surface area contributed by atoms with Gasteiger partial charge in [0.15, 0.2) is 0 Å². The number of aryl methyl sites for hydroxylation is 1. The van der Waals surface area contributed by atoms with Crippen molar-refractivity contribution >= 4 is 169 Å². The van der Waals surface area contributed by atoms with Gasteiger partial charge < -0.3 is 28.8 Å². The molecule has 18 rings (SSSR count). The number of aromatic nitrogens is 5. The van der Waals surface area contributed by atoms with E-state index in [1.165, 1.54) is 18.4 Å². The van der Waals surface area contributed by atoms with Gasteiger partial charge in [-0.2, -0.15) is 26.3 Å². The maximum atomic E-state index is 12.3. The Kier molecular flexibility index (Phi) is 32.2. The summed E-state index contributed by atoms with van der Waals surface area (Å²) in [5, 5.41) is 68.2. The van der Waals surface area contributed by atoms with Gasteiger partial charge in [0, 0.05) is 171 Å². The summed E-state index contributed by atoms with van der Waals surface area (Å²) < 4.78 is 30.8. The normalized spacial score (nSPS) is 11.5. The van der Waals surface area contributed by atoms with Gasteiger partial charge in [-0.3, -0.25) is 48.9 Å². The van der Waals surface area contributed by atoms with Crippen LogP contribution in [0.2, 0.25) is 0 Å². The van der Waals surface area contributed by atoms with E-state index in [2.05, 4.69) is 80.4 Å². The van der Waals surface area contributed by atoms with Gasteiger partial charge in [-0.15, -0.1) is 56.7 Å². The molecule has 0 aliphatic heterocycles. The van der Waals surface area contributed by atoms with Crippen molar-refractivity contribution in [2.75, 3.05) is 33.5 Å². The molecule has 0 aliphatic carbocycles. The fraction of sp³-hybridized carbons (Fsp3) is 0.223. The van der Waals surface area contributed by atoms with Crippen LogP contribution in [0.5, 0.6) is 0 Å². The van der Waals surface area contributed by atoms with Crippen molar-refractivity contribution in [3.8, 4) is 86.0 Å². The zero-order chi connectivity index (χ0) is 97.8. The number of carbonyl (C=O) groups is 5. The number of aliphatic hydroxyl groups is 1. The Balaban J connectivity index is 0.000000138. The van der Waals surface area contributed by atoms with Gasteiger partial charge in [0.1, 0.15) is 5.60 Å². The number of fused-ring (bicyclic) bond motifs is 8. The van der Waals surface area contributed by atoms with Crippen LogP contribution >= 0.6 is 56.7 Å². The molecule has 10 heterocycles. The van der Waals surface area contributed by atoms with Gasteiger partial charge in [-0.1, -0.05) is 129 Å². The summed E-state index contributed by atoms with van der Waals surface area (Å²) in [6.07, 6.45) is 22.7. The minimum absolute atomic E-state index is 0.115. The van der Waals surface area contributed by atoms with Crippen molar-refractivity contribution in [2.45, 2.75) is 119 Å². The molecule has 1 atom stereocenters. The number of ether oxygens (including phenoxy) is 5. The number of hydrogen-bond donors (Lipinski definition) is 1. The largest absolute Gasteiger partial charge is 0.469 e. The third-order valence-corrected chi connectivity index (χ3v) is 29.1. The van der Waals surface area contributed by atoms with E-state index in [1.54, 1.807) is 89.9 Å². The summed E-state index contributed by atoms with van der Waals surface area (Å²) in [6, 6.07) is 71.4. The average Bonchev–Trinajstić information content (AvgIpc) is 1.58. The number of esters is 5. The van der Waals surface area contributed by atoms with E-state index in [0.29, 0.717) is 78.2 Å². The van der Waals surface area contributed by atoms with Crippen molar-refractivity contribution in [2.24, 2.45) is 10.8 Å². The van der Waals surface area contributed by atoms with E-state index in [9.17, 15) is 44.9 Å². The molecule has 138 heavy (non-hydrogen) atoms. The second-order valence-electron chi connectivity index (χ2n) is 34.0. The Labute approximate surface area is 819 Å². The molecule has 26 heteroatoms. The molecule has 1 N–H and O–H groups in total. The monoisotopic (exact) mass is 1920 g/mol. The van der Waals surface area contributed by atoms with E-state index in [-0.39, 0.29) is 43.3 Å². The van der Waals surface area contributed by atoms with E-state index in [4.69, 9.17) is 34.2 Å². The van der Waals surface area contributed by atoms with Gasteiger partial charge in [0.05, 0.1) is 131 Å². The lowest BCUT2D eigenvalue weighted by Crippen LogP contribution is -2.28. The second-order valence-corrected chi connectivity index (χ2v) is 39.6. The first-order chi connectivity index (χ1) is 66.7. The number of unbranched alkanes of at least 4 members (excludes halogenated alkanes) is 1. The molecular formula is C112H96N10O11S5. The van der Waals surface area contributed by atoms with Crippen molar-refractivity contribution in [3.63, 3.8) is 0 Å². The van der Waals surface area contributed by atoms with Gasteiger partial charge >= 0.3 is 29.8 Å². The number of rotatable bonds is 25. The van der Waals surface area contributed by atoms with E-state index < -0.39 is 22.4 Å². The molecule has 0 radical (unpaired) electrons. The highest BCUT2D eigenvalue weighted by atomic mass is 32.1. The van der Waals surface area contributed by atoms with E-state index in [0.717, 1.165) is 171 Å². The molecule has 0 aliphatic rings. The Morgan fingerprint density at radius 2 is 0.761 bits per heavy atom. The molecular weight excluding hydrogens is 1820 g/mol. The third-order valence-electron chi connectivity index (χ3n) is 23.1. The Morgan fingerprint density at radius 3 is 1.19 bits per heavy atom. The first-order valence-electron chi connectivity index (χ1n) is 44.8. The highest BCUT2D eigenvalue weighted by Gasteiger charge is 2.34. The van der Waals surface area contributed by atoms with Crippen LogP contribution in [0, 0.1) is 67.5 Å². The standard InChI is InChI=1S/2C25H22N2O2S.C24H20N2O3S.C21H20N2O2S.C17H12N2O2S/c1-4-29-24(28)25(2,3)12-18-11-17-14-27-15-22(23(17)30-18)21-10-9-16(13-26)19-7-5-6-8-20(19)21;1-2-3-12-29-25(28)11-9-18-13-22-23(15-27-16-24(22)30-18)21-10-8-17(14-26)19-6-4-5-7-20(19)21;1-3-29-23(27)11-24(2,28)22-10-19-20(13-26-14-21(19)30-22)18-9-8-15(12-25)16-6-4-5-7-17(16)18;1-4-25-20(24)21(2,3)10-17-9-16-12-23-13-18(19(16)26-17)15-7-5-14(11-22)6-8-15;1-21-16(20)7-14-6-13-9-19-10-15(17(13)22-14)12-4-2-11(8-18)3-5-12/h5-11,14-15H,4,12H2,1-3H3;4-8,10,13,15-16H,2-3,9,11-12H2,1H3;4-10,13-14,28H,3,11H2,1-2H3;5-9,12-13H,4,10H2,1-3H3;2-6,9-10H,7H2,1H3. The number of carbonyl (C=O) groups excluding carboxylic acids is 5. The SMILES string of the molecule is CCCCOC(=O)CCc1cc2c(-c3ccc(C#N)c4ccccc34)cncc2s1.CCOC(=O)C(C)(C)Cc1cc2cncc(-c3ccc(C#N)c4ccccc34)c2s1.CCOC(=O)C(C)(C)Cc1cc2cncc(-c3ccc(C#N)cc3)c2s1.CCOC(=O)CC(C)(O)c1cc2c(-c3ccc(C#N)c4ccccc34)cncc2s1.COC(=O)Cc1cc2cncc(-c3ccc(C#N)cc3)c2s1. The zero-order valence-corrected chi connectivity index (χ0v) is 81.8. The van der Waals surface area contributed by atoms with E-state index in [1.807, 2.05) is 243 Å². The van der Waals surface area contributed by atoms with Crippen LogP contribution in [0.25, 0.3) is 138 Å². The molecule has 1 unspecified atom stereocenters. The Hall–Kier alpha value is -15.2. The topological polar surface area (TPSA) is 335 Å². The fourth-order valence-electron chi connectivity index (χ4n) is 16.1. The number of benzene rings is 8. The summed E-state index contributed by atoms with van der Waals surface area (Å²) >= 11 is 8.01. The molecule has 18 aromatic rings. The molecule has 21 nitrogen and oxygen atoms in total. The molecule has 0 saturated heterocycles. The van der Waals surface area contributed by atoms with Crippen LogP contribution in [-0.4, -0.2) is 93.4 Å². The molecule has 10 aromatic heterocycles. The van der Waals surface area contributed by atoms with Gasteiger partial charge in [0.2, 0.25) is 0 Å². The fourth-order valence-corrected chi connectivity index (χ4v) is 22.2. The molecule has 0 spiro atoms. The lowest BCUT2D eigenvalue weighted by atomic mass is 9.88. The smallest absolute Gasteiger partial charge is 0.311 e. The molecule has 0 bridgehead atoms. The highest BCUT2D eigenvalue weighted by molar-refractivity contribution is 7.21. The van der Waals surface area contributed by atoms with E-state index >= 15 is 0 Å². The maximum Gasteiger partial charge on any atom is 0.311 e. The number of thiophene rings is 5. The minimum atomic E-state index is -1.33. The first kappa shape index (κ1) is 98.8. The van der Waals surface area contributed by atoms with Crippen molar-refractivity contribution in [1.29, 1.82) is 26.3 Å². The second kappa shape index (κ2) is 45.0. The molecule has 0 amide bonds. The molecule has 0 fully saturated rings. The van der Waals surface area contributed by atoms with Crippen LogP contribution in [-0.2, 0) is 78.9 Å². The van der Waals surface area contributed by atoms with Crippen molar-refractivity contribution in [3.05, 3.63) is 302 Å². The first-order valence-corrected chi connectivity index (χ1v) is 48.9. The van der Waals surface area contributed by atoms with Crippen LogP contribution in [0.3, 0.4) is 0 Å². The molecule has 0 saturated carbocycles. The third kappa shape index (κ3) is 23.0.